The van der Waals surface area contributed by atoms with Gasteiger partial charge in [0.15, 0.2) is 11.5 Å². The average molecular weight is 281 g/mol. The molecule has 0 spiro atoms. The number of nitrogens with zero attached hydrogens (tertiary/aromatic N) is 1. The van der Waals surface area contributed by atoms with Gasteiger partial charge in [-0.25, -0.2) is 0 Å². The first-order valence-electron chi connectivity index (χ1n) is 5.66. The van der Waals surface area contributed by atoms with Crippen molar-refractivity contribution in [1.82, 2.24) is 10.9 Å². The first-order chi connectivity index (χ1) is 9.19. The number of carbonyl (C=O) groups excluding carboxylic acids is 1. The third-order valence-electron chi connectivity index (χ3n) is 2.72. The molecular formula is C12H15N3O3S. The Labute approximate surface area is 116 Å². The van der Waals surface area contributed by atoms with E-state index in [4.69, 9.17) is 9.47 Å². The van der Waals surface area contributed by atoms with Crippen molar-refractivity contribution in [3.63, 3.8) is 0 Å². The lowest BCUT2D eigenvalue weighted by atomic mass is 10.1. The third kappa shape index (κ3) is 2.76. The molecule has 1 aromatic rings. The summed E-state index contributed by atoms with van der Waals surface area (Å²) in [5.74, 6) is 1.96. The summed E-state index contributed by atoms with van der Waals surface area (Å²) in [4.78, 5) is 15.8. The predicted molar refractivity (Wildman–Crippen MR) is 75.0 cm³/mol. The molecule has 19 heavy (non-hydrogen) atoms. The number of amidine groups is 1. The van der Waals surface area contributed by atoms with Gasteiger partial charge in [-0.3, -0.25) is 20.6 Å². The van der Waals surface area contributed by atoms with Crippen LogP contribution in [0.25, 0.3) is 0 Å². The van der Waals surface area contributed by atoms with Crippen LogP contribution in [0, 0.1) is 0 Å². The molecule has 1 aliphatic heterocycles. The molecule has 6 nitrogen and oxygen atoms in total. The highest BCUT2D eigenvalue weighted by Gasteiger charge is 2.22. The number of aliphatic imine (C=N–C) groups is 1. The number of ether oxygens (including phenoxy) is 2. The van der Waals surface area contributed by atoms with Crippen molar-refractivity contribution >= 4 is 24.4 Å². The summed E-state index contributed by atoms with van der Waals surface area (Å²) in [5.41, 5.74) is 6.11. The third-order valence-corrected chi connectivity index (χ3v) is 3.07. The fourth-order valence-electron chi connectivity index (χ4n) is 1.70. The van der Waals surface area contributed by atoms with Crippen molar-refractivity contribution in [2.75, 3.05) is 20.0 Å². The molecule has 1 aliphatic rings. The number of benzene rings is 1. The van der Waals surface area contributed by atoms with E-state index in [1.54, 1.807) is 26.4 Å². The Balaban J connectivity index is 2.34. The number of hydrazine groups is 1. The van der Waals surface area contributed by atoms with Crippen LogP contribution in [0.3, 0.4) is 0 Å². The highest BCUT2D eigenvalue weighted by molar-refractivity contribution is 7.80. The van der Waals surface area contributed by atoms with Gasteiger partial charge in [0.2, 0.25) is 0 Å². The van der Waals surface area contributed by atoms with E-state index in [2.05, 4.69) is 28.5 Å². The minimum Gasteiger partial charge on any atom is -0.493 e. The smallest absolute Gasteiger partial charge is 0.264 e. The Morgan fingerprint density at radius 2 is 2.00 bits per heavy atom. The van der Waals surface area contributed by atoms with Gasteiger partial charge in [-0.05, 0) is 18.2 Å². The van der Waals surface area contributed by atoms with Crippen LogP contribution < -0.4 is 20.3 Å². The number of hydrogen-bond donors (Lipinski definition) is 3. The zero-order valence-corrected chi connectivity index (χ0v) is 11.5. The van der Waals surface area contributed by atoms with Crippen molar-refractivity contribution in [3.05, 3.63) is 23.8 Å². The van der Waals surface area contributed by atoms with E-state index in [-0.39, 0.29) is 5.91 Å². The van der Waals surface area contributed by atoms with Gasteiger partial charge in [-0.1, -0.05) is 0 Å². The Bertz CT molecular complexity index is 519. The molecule has 1 unspecified atom stereocenters. The van der Waals surface area contributed by atoms with E-state index >= 15 is 0 Å². The molecule has 1 atom stereocenters. The van der Waals surface area contributed by atoms with E-state index < -0.39 is 6.04 Å². The molecule has 0 aromatic heterocycles. The second kappa shape index (κ2) is 5.83. The second-order valence-electron chi connectivity index (χ2n) is 3.86. The van der Waals surface area contributed by atoms with Gasteiger partial charge in [-0.2, -0.15) is 12.6 Å². The topological polar surface area (TPSA) is 72.0 Å². The summed E-state index contributed by atoms with van der Waals surface area (Å²) in [6.45, 7) is 0. The summed E-state index contributed by atoms with van der Waals surface area (Å²) >= 11 is 4.11. The maximum Gasteiger partial charge on any atom is 0.264 e. The lowest BCUT2D eigenvalue weighted by Gasteiger charge is -2.21. The zero-order valence-electron chi connectivity index (χ0n) is 10.6. The molecular weight excluding hydrogens is 266 g/mol. The predicted octanol–water partition coefficient (Wildman–Crippen LogP) is 0.383. The van der Waals surface area contributed by atoms with E-state index in [1.807, 2.05) is 6.07 Å². The first-order valence-corrected chi connectivity index (χ1v) is 6.29. The molecule has 7 heteroatoms. The monoisotopic (exact) mass is 281 g/mol. The zero-order chi connectivity index (χ0) is 13.8. The van der Waals surface area contributed by atoms with Crippen LogP contribution in [0.1, 0.15) is 5.56 Å². The first kappa shape index (κ1) is 13.5. The molecule has 1 amide bonds. The van der Waals surface area contributed by atoms with Crippen molar-refractivity contribution in [2.45, 2.75) is 6.04 Å². The number of thiol groups is 1. The van der Waals surface area contributed by atoms with Crippen LogP contribution in [0.15, 0.2) is 23.2 Å². The van der Waals surface area contributed by atoms with Crippen LogP contribution in [-0.2, 0) is 4.79 Å². The maximum atomic E-state index is 11.5. The lowest BCUT2D eigenvalue weighted by Crippen LogP contribution is -2.52. The standard InChI is InChI=1S/C12H15N3O3S/c1-17-9-4-3-7(5-10(9)18-2)11-13-8(6-19)12(16)15-14-11/h3-5,8,19H,6H2,1-2H3,(H,13,14)(H,15,16). The van der Waals surface area contributed by atoms with Crippen molar-refractivity contribution in [3.8, 4) is 11.5 Å². The van der Waals surface area contributed by atoms with E-state index in [1.165, 1.54) is 0 Å². The van der Waals surface area contributed by atoms with Crippen molar-refractivity contribution in [2.24, 2.45) is 4.99 Å². The van der Waals surface area contributed by atoms with Crippen LogP contribution >= 0.6 is 12.6 Å². The molecule has 0 saturated carbocycles. The Morgan fingerprint density at radius 1 is 1.26 bits per heavy atom. The second-order valence-corrected chi connectivity index (χ2v) is 4.23. The fraction of sp³-hybridized carbons (Fsp3) is 0.333. The summed E-state index contributed by atoms with van der Waals surface area (Å²) in [5, 5.41) is 0. The van der Waals surface area contributed by atoms with Crippen molar-refractivity contribution in [1.29, 1.82) is 0 Å². The molecule has 0 aliphatic carbocycles. The molecule has 0 saturated heterocycles. The Morgan fingerprint density at radius 3 is 2.63 bits per heavy atom. The van der Waals surface area contributed by atoms with Gasteiger partial charge in [0, 0.05) is 11.3 Å². The van der Waals surface area contributed by atoms with Crippen molar-refractivity contribution < 1.29 is 14.3 Å². The van der Waals surface area contributed by atoms with Gasteiger partial charge >= 0.3 is 0 Å². The largest absolute Gasteiger partial charge is 0.493 e. The van der Waals surface area contributed by atoms with Crippen LogP contribution in [0.2, 0.25) is 0 Å². The quantitative estimate of drug-likeness (QED) is 0.698. The average Bonchev–Trinajstić information content (AvgIpc) is 2.47. The summed E-state index contributed by atoms with van der Waals surface area (Å²) in [6, 6.07) is 4.91. The number of rotatable bonds is 4. The molecule has 2 N–H and O–H groups in total. The number of nitrogens with one attached hydrogen (secondary N) is 2. The molecule has 1 heterocycles. The molecule has 0 radical (unpaired) electrons. The minimum absolute atomic E-state index is 0.195. The van der Waals surface area contributed by atoms with Crippen LogP contribution in [-0.4, -0.2) is 37.8 Å². The molecule has 0 fully saturated rings. The van der Waals surface area contributed by atoms with Gasteiger partial charge in [-0.15, -0.1) is 0 Å². The van der Waals surface area contributed by atoms with Crippen LogP contribution in [0.4, 0.5) is 0 Å². The van der Waals surface area contributed by atoms with E-state index in [0.717, 1.165) is 5.56 Å². The van der Waals surface area contributed by atoms with Gasteiger partial charge in [0.25, 0.3) is 5.91 Å². The molecule has 2 rings (SSSR count). The number of methoxy groups -OCH3 is 2. The van der Waals surface area contributed by atoms with E-state index in [0.29, 0.717) is 23.1 Å². The normalized spacial score (nSPS) is 18.2. The summed E-state index contributed by atoms with van der Waals surface area (Å²) < 4.78 is 10.4. The number of carbonyl (C=O) groups is 1. The Hall–Kier alpha value is -1.89. The maximum absolute atomic E-state index is 11.5. The highest BCUT2D eigenvalue weighted by atomic mass is 32.1. The Kier molecular flexibility index (Phi) is 4.16. The summed E-state index contributed by atoms with van der Waals surface area (Å²) in [7, 11) is 3.14. The SMILES string of the molecule is COc1ccc(C2=NC(CS)C(=O)NN2)cc1OC. The van der Waals surface area contributed by atoms with Gasteiger partial charge in [0.05, 0.1) is 14.2 Å². The van der Waals surface area contributed by atoms with E-state index in [9.17, 15) is 4.79 Å². The minimum atomic E-state index is -0.493. The molecule has 1 aromatic carbocycles. The number of amides is 1. The highest BCUT2D eigenvalue weighted by Crippen LogP contribution is 2.27. The van der Waals surface area contributed by atoms with Gasteiger partial charge in [0.1, 0.15) is 11.9 Å². The van der Waals surface area contributed by atoms with Crippen LogP contribution in [0.5, 0.6) is 11.5 Å². The molecule has 0 bridgehead atoms. The van der Waals surface area contributed by atoms with Gasteiger partial charge < -0.3 is 9.47 Å². The molecule has 102 valence electrons. The summed E-state index contributed by atoms with van der Waals surface area (Å²) in [6.07, 6.45) is 0. The fourth-order valence-corrected chi connectivity index (χ4v) is 1.95. The lowest BCUT2D eigenvalue weighted by molar-refractivity contribution is -0.122. The number of hydrogen-bond acceptors (Lipinski definition) is 6.